The molecular weight excluding hydrogens is 413 g/mol. The van der Waals surface area contributed by atoms with Gasteiger partial charge in [-0.15, -0.1) is 0 Å². The lowest BCUT2D eigenvalue weighted by Gasteiger charge is -2.29. The van der Waals surface area contributed by atoms with E-state index in [0.29, 0.717) is 0 Å². The van der Waals surface area contributed by atoms with Crippen molar-refractivity contribution in [3.8, 4) is 0 Å². The molecule has 1 aliphatic heterocycles. The van der Waals surface area contributed by atoms with E-state index in [1.54, 1.807) is 0 Å². The Labute approximate surface area is 175 Å². The molecule has 0 spiro atoms. The van der Waals surface area contributed by atoms with Gasteiger partial charge in [-0.25, -0.2) is 0 Å². The molecule has 1 nitrogen and oxygen atoms in total. The summed E-state index contributed by atoms with van der Waals surface area (Å²) >= 11 is 0. The van der Waals surface area contributed by atoms with Gasteiger partial charge in [0.05, 0.1) is 20.1 Å². The molecule has 0 bridgehead atoms. The van der Waals surface area contributed by atoms with Gasteiger partial charge in [-0.1, -0.05) is 84.9 Å². The summed E-state index contributed by atoms with van der Waals surface area (Å²) in [5.74, 6) is 0. The summed E-state index contributed by atoms with van der Waals surface area (Å²) < 4.78 is 1.20. The van der Waals surface area contributed by atoms with Crippen LogP contribution in [0.25, 0.3) is 0 Å². The Balaban J connectivity index is 0.00000210. The van der Waals surface area contributed by atoms with Crippen molar-refractivity contribution in [2.45, 2.75) is 19.4 Å². The summed E-state index contributed by atoms with van der Waals surface area (Å²) in [5.41, 5.74) is 1.47. The summed E-state index contributed by atoms with van der Waals surface area (Å²) in [6.45, 7) is 3.81. The zero-order chi connectivity index (χ0) is 17.8. The normalized spacial score (nSPS) is 15.5. The van der Waals surface area contributed by atoms with Gasteiger partial charge in [0.25, 0.3) is 0 Å². The first-order chi connectivity index (χ1) is 12.7. The summed E-state index contributed by atoms with van der Waals surface area (Å²) in [5, 5.41) is 4.27. The Morgan fingerprint density at radius 1 is 0.667 bits per heavy atom. The van der Waals surface area contributed by atoms with E-state index in [9.17, 15) is 0 Å². The Hall–Kier alpha value is -1.47. The lowest BCUT2D eigenvalue weighted by Crippen LogP contribution is -3.00. The van der Waals surface area contributed by atoms with Crippen LogP contribution in [0.5, 0.6) is 0 Å². The Bertz CT molecular complexity index is 788. The summed E-state index contributed by atoms with van der Waals surface area (Å²) in [6, 6.07) is 31.3. The first kappa shape index (κ1) is 20.3. The van der Waals surface area contributed by atoms with Crippen LogP contribution in [0.15, 0.2) is 84.9 Å². The number of nitrogens with zero attached hydrogens (tertiary/aromatic N) is 1. The van der Waals surface area contributed by atoms with Gasteiger partial charge in [-0.05, 0) is 23.8 Å². The molecule has 0 unspecified atom stereocenters. The van der Waals surface area contributed by atoms with Gasteiger partial charge in [0.2, 0.25) is 0 Å². The molecule has 4 rings (SSSR count). The van der Waals surface area contributed by atoms with Crippen molar-refractivity contribution in [1.29, 1.82) is 0 Å². The van der Waals surface area contributed by atoms with Crippen molar-refractivity contribution < 1.29 is 21.5 Å². The van der Waals surface area contributed by atoms with Crippen LogP contribution in [0.3, 0.4) is 0 Å². The second-order valence-electron chi connectivity index (χ2n) is 7.60. The van der Waals surface area contributed by atoms with Crippen molar-refractivity contribution in [3.63, 3.8) is 0 Å². The van der Waals surface area contributed by atoms with Crippen LogP contribution in [0.1, 0.15) is 18.4 Å². The average Bonchev–Trinajstić information content (AvgIpc) is 3.11. The average molecular weight is 440 g/mol. The summed E-state index contributed by atoms with van der Waals surface area (Å²) in [6.07, 6.45) is 2.75. The van der Waals surface area contributed by atoms with Crippen LogP contribution in [0.2, 0.25) is 0 Å². The maximum atomic E-state index is 2.40. The van der Waals surface area contributed by atoms with Gasteiger partial charge in [-0.2, -0.15) is 0 Å². The quantitative estimate of drug-likeness (QED) is 0.413. The van der Waals surface area contributed by atoms with Crippen LogP contribution >= 0.6 is 7.92 Å². The fourth-order valence-electron chi connectivity index (χ4n) is 4.05. The topological polar surface area (TPSA) is 0 Å². The third-order valence-corrected chi connectivity index (χ3v) is 7.88. The van der Waals surface area contributed by atoms with Crippen LogP contribution in [0, 0.1) is 0 Å². The molecule has 0 atom stereocenters. The number of benzene rings is 3. The monoisotopic (exact) mass is 439 g/mol. The van der Waals surface area contributed by atoms with E-state index < -0.39 is 7.92 Å². The molecule has 0 amide bonds. The van der Waals surface area contributed by atoms with Crippen molar-refractivity contribution >= 4 is 23.8 Å². The highest BCUT2D eigenvalue weighted by atomic mass is 79.9. The van der Waals surface area contributed by atoms with Gasteiger partial charge in [0.15, 0.2) is 0 Å². The molecule has 1 saturated heterocycles. The molecule has 1 aliphatic rings. The number of rotatable bonds is 5. The molecule has 1 heterocycles. The van der Waals surface area contributed by atoms with Crippen molar-refractivity contribution in [2.75, 3.05) is 20.1 Å². The molecule has 0 aliphatic carbocycles. The zero-order valence-corrected chi connectivity index (χ0v) is 18.4. The SMILES string of the molecule is C[N+]1(Cc2ccc(P(c3ccccc3)c3ccccc3)cc2)CCCC1.[Br-]. The van der Waals surface area contributed by atoms with Gasteiger partial charge in [-0.3, -0.25) is 0 Å². The first-order valence-electron chi connectivity index (χ1n) is 9.56. The van der Waals surface area contributed by atoms with Crippen LogP contribution in [-0.2, 0) is 6.54 Å². The van der Waals surface area contributed by atoms with Gasteiger partial charge in [0, 0.05) is 18.4 Å². The first-order valence-corrected chi connectivity index (χ1v) is 10.9. The second-order valence-corrected chi connectivity index (χ2v) is 9.82. The highest BCUT2D eigenvalue weighted by Crippen LogP contribution is 2.32. The van der Waals surface area contributed by atoms with E-state index >= 15 is 0 Å². The Morgan fingerprint density at radius 3 is 1.59 bits per heavy atom. The number of likely N-dealkylation sites (tertiary alicyclic amines) is 1. The Morgan fingerprint density at radius 2 is 1.11 bits per heavy atom. The summed E-state index contributed by atoms with van der Waals surface area (Å²) in [4.78, 5) is 0. The molecule has 27 heavy (non-hydrogen) atoms. The van der Waals surface area contributed by atoms with Crippen LogP contribution < -0.4 is 32.9 Å². The van der Waals surface area contributed by atoms with Gasteiger partial charge in [0.1, 0.15) is 6.54 Å². The molecule has 0 radical (unpaired) electrons. The number of halogens is 1. The molecule has 0 saturated carbocycles. The standard InChI is InChI=1S/C24H27NP.BrH/c1-25(18-8-9-19-25)20-21-14-16-24(17-15-21)26(22-10-4-2-5-11-22)23-12-6-3-7-13-23;/h2-7,10-17H,8-9,18-20H2,1H3;1H/q+1;/p-1. The van der Waals surface area contributed by atoms with Gasteiger partial charge >= 0.3 is 0 Å². The van der Waals surface area contributed by atoms with Crippen LogP contribution in [-0.4, -0.2) is 24.6 Å². The Kier molecular flexibility index (Phi) is 6.87. The predicted octanol–water partition coefficient (Wildman–Crippen LogP) is 1.19. The minimum Gasteiger partial charge on any atom is -1.00 e. The van der Waals surface area contributed by atoms with Crippen molar-refractivity contribution in [3.05, 3.63) is 90.5 Å². The largest absolute Gasteiger partial charge is 1.00 e. The third-order valence-electron chi connectivity index (χ3n) is 5.43. The molecule has 140 valence electrons. The molecule has 3 aromatic rings. The van der Waals surface area contributed by atoms with E-state index in [2.05, 4.69) is 92.0 Å². The lowest BCUT2D eigenvalue weighted by molar-refractivity contribution is -0.910. The highest BCUT2D eigenvalue weighted by molar-refractivity contribution is 7.79. The summed E-state index contributed by atoms with van der Waals surface area (Å²) in [7, 11) is 1.91. The molecule has 0 aromatic heterocycles. The number of hydrogen-bond donors (Lipinski definition) is 0. The molecule has 3 aromatic carbocycles. The maximum Gasteiger partial charge on any atom is 0.104 e. The van der Waals surface area contributed by atoms with Crippen molar-refractivity contribution in [1.82, 2.24) is 0 Å². The third kappa shape index (κ3) is 4.88. The second kappa shape index (κ2) is 9.15. The molecule has 1 fully saturated rings. The highest BCUT2D eigenvalue weighted by Gasteiger charge is 2.27. The van der Waals surface area contributed by atoms with Crippen molar-refractivity contribution in [2.24, 2.45) is 0 Å². The minimum absolute atomic E-state index is 0. The fourth-order valence-corrected chi connectivity index (χ4v) is 6.33. The fraction of sp³-hybridized carbons (Fsp3) is 0.250. The lowest BCUT2D eigenvalue weighted by atomic mass is 10.2. The van der Waals surface area contributed by atoms with Crippen LogP contribution in [0.4, 0.5) is 0 Å². The minimum atomic E-state index is -0.491. The number of quaternary nitrogens is 1. The van der Waals surface area contributed by atoms with Gasteiger partial charge < -0.3 is 21.5 Å². The van der Waals surface area contributed by atoms with E-state index in [1.807, 2.05) is 0 Å². The molecule has 3 heteroatoms. The molecular formula is C24H27BrNP. The van der Waals surface area contributed by atoms with E-state index in [1.165, 1.54) is 51.9 Å². The predicted molar refractivity (Wildman–Crippen MR) is 114 cm³/mol. The van der Waals surface area contributed by atoms with E-state index in [4.69, 9.17) is 0 Å². The van der Waals surface area contributed by atoms with E-state index in [-0.39, 0.29) is 17.0 Å². The molecule has 0 N–H and O–H groups in total. The maximum absolute atomic E-state index is 2.40. The van der Waals surface area contributed by atoms with E-state index in [0.717, 1.165) is 6.54 Å². The smallest absolute Gasteiger partial charge is 0.104 e. The number of hydrogen-bond acceptors (Lipinski definition) is 0. The zero-order valence-electron chi connectivity index (χ0n) is 15.9.